The Bertz CT molecular complexity index is 917. The molecular weight excluding hydrogens is 394 g/mol. The van der Waals surface area contributed by atoms with Crippen LogP contribution in [0.1, 0.15) is 26.0 Å². The van der Waals surface area contributed by atoms with Crippen molar-refractivity contribution in [1.82, 2.24) is 24.5 Å². The van der Waals surface area contributed by atoms with Crippen LogP contribution in [0.4, 0.5) is 4.79 Å². The van der Waals surface area contributed by atoms with Crippen LogP contribution in [0, 0.1) is 5.92 Å². The first-order chi connectivity index (χ1) is 13.9. The van der Waals surface area contributed by atoms with Crippen molar-refractivity contribution in [3.05, 3.63) is 33.7 Å². The van der Waals surface area contributed by atoms with Gasteiger partial charge in [-0.1, -0.05) is 13.8 Å². The highest BCUT2D eigenvalue weighted by atomic mass is 32.1. The van der Waals surface area contributed by atoms with Gasteiger partial charge in [-0.15, -0.1) is 11.3 Å². The lowest BCUT2D eigenvalue weighted by Gasteiger charge is -2.36. The van der Waals surface area contributed by atoms with E-state index in [1.54, 1.807) is 17.2 Å². The zero-order chi connectivity index (χ0) is 21.0. The number of methoxy groups -OCH3 is 1. The molecule has 3 heterocycles. The van der Waals surface area contributed by atoms with Crippen molar-refractivity contribution >= 4 is 28.3 Å². The van der Waals surface area contributed by atoms with Gasteiger partial charge >= 0.3 is 6.09 Å². The molecule has 0 bridgehead atoms. The predicted molar refractivity (Wildman–Crippen MR) is 110 cm³/mol. The van der Waals surface area contributed by atoms with Crippen LogP contribution in [0.15, 0.2) is 22.4 Å². The molecule has 0 radical (unpaired) electrons. The van der Waals surface area contributed by atoms with E-state index in [0.29, 0.717) is 44.1 Å². The highest BCUT2D eigenvalue weighted by molar-refractivity contribution is 7.15. The molecule has 29 heavy (non-hydrogen) atoms. The Morgan fingerprint density at radius 2 is 2.00 bits per heavy atom. The number of piperazine rings is 1. The number of carbonyl (C=O) groups excluding carboxylic acids is 2. The highest BCUT2D eigenvalue weighted by Crippen LogP contribution is 2.13. The van der Waals surface area contributed by atoms with Gasteiger partial charge in [0.05, 0.1) is 12.8 Å². The summed E-state index contributed by atoms with van der Waals surface area (Å²) in [7, 11) is 1.29. The van der Waals surface area contributed by atoms with E-state index >= 15 is 0 Å². The van der Waals surface area contributed by atoms with Gasteiger partial charge in [-0.05, 0) is 12.3 Å². The monoisotopic (exact) mass is 421 g/mol. The van der Waals surface area contributed by atoms with Gasteiger partial charge in [-0.2, -0.15) is 0 Å². The Labute approximate surface area is 173 Å². The molecule has 1 saturated heterocycles. The third-order valence-electron chi connectivity index (χ3n) is 4.91. The van der Waals surface area contributed by atoms with Gasteiger partial charge in [0.2, 0.25) is 5.91 Å². The second kappa shape index (κ2) is 9.36. The third-order valence-corrected chi connectivity index (χ3v) is 5.67. The molecule has 0 spiro atoms. The van der Waals surface area contributed by atoms with Crippen molar-refractivity contribution in [3.8, 4) is 0 Å². The minimum atomic E-state index is -0.594. The number of amides is 2. The lowest BCUT2D eigenvalue weighted by atomic mass is 10.0. The second-order valence-corrected chi connectivity index (χ2v) is 8.43. The molecule has 0 aliphatic carbocycles. The summed E-state index contributed by atoms with van der Waals surface area (Å²) in [6.45, 7) is 7.09. The molecule has 10 heteroatoms. The van der Waals surface area contributed by atoms with Crippen LogP contribution in [0.2, 0.25) is 0 Å². The maximum atomic E-state index is 12.9. The Kier molecular flexibility index (Phi) is 6.86. The van der Waals surface area contributed by atoms with Crippen molar-refractivity contribution in [2.45, 2.75) is 32.9 Å². The van der Waals surface area contributed by atoms with E-state index in [-0.39, 0.29) is 17.4 Å². The Balaban J connectivity index is 1.58. The molecule has 0 saturated carbocycles. The number of nitrogens with zero attached hydrogens (tertiary/aromatic N) is 4. The summed E-state index contributed by atoms with van der Waals surface area (Å²) in [6, 6.07) is 0.980. The van der Waals surface area contributed by atoms with Crippen LogP contribution in [-0.4, -0.2) is 70.5 Å². The zero-order valence-electron chi connectivity index (χ0n) is 17.0. The summed E-state index contributed by atoms with van der Waals surface area (Å²) in [5.74, 6) is 0.180. The first kappa shape index (κ1) is 21.3. The van der Waals surface area contributed by atoms with Crippen LogP contribution in [0.5, 0.6) is 0 Å². The smallest absolute Gasteiger partial charge is 0.407 e. The van der Waals surface area contributed by atoms with Crippen LogP contribution in [0.25, 0.3) is 4.96 Å². The summed E-state index contributed by atoms with van der Waals surface area (Å²) >= 11 is 1.43. The fourth-order valence-corrected chi connectivity index (χ4v) is 4.18. The number of ether oxygens (including phenoxy) is 1. The van der Waals surface area contributed by atoms with Gasteiger partial charge in [-0.3, -0.25) is 18.9 Å². The molecule has 2 aromatic heterocycles. The summed E-state index contributed by atoms with van der Waals surface area (Å²) in [5.41, 5.74) is 0.660. The summed E-state index contributed by atoms with van der Waals surface area (Å²) in [4.78, 5) is 45.8. The van der Waals surface area contributed by atoms with E-state index in [2.05, 4.69) is 19.9 Å². The first-order valence-corrected chi connectivity index (χ1v) is 10.6. The van der Waals surface area contributed by atoms with Gasteiger partial charge in [0, 0.05) is 50.4 Å². The number of fused-ring (bicyclic) bond motifs is 1. The van der Waals surface area contributed by atoms with Crippen molar-refractivity contribution < 1.29 is 14.3 Å². The Morgan fingerprint density at radius 1 is 1.28 bits per heavy atom. The van der Waals surface area contributed by atoms with Crippen molar-refractivity contribution in [2.24, 2.45) is 5.92 Å². The number of aromatic nitrogens is 2. The maximum absolute atomic E-state index is 12.9. The van der Waals surface area contributed by atoms with Crippen LogP contribution >= 0.6 is 11.3 Å². The van der Waals surface area contributed by atoms with Crippen LogP contribution in [-0.2, 0) is 16.1 Å². The molecule has 1 unspecified atom stereocenters. The summed E-state index contributed by atoms with van der Waals surface area (Å²) in [5, 5.41) is 4.50. The zero-order valence-corrected chi connectivity index (χ0v) is 17.8. The van der Waals surface area contributed by atoms with Crippen molar-refractivity contribution in [2.75, 3.05) is 33.3 Å². The second-order valence-electron chi connectivity index (χ2n) is 7.56. The number of rotatable bonds is 6. The lowest BCUT2D eigenvalue weighted by molar-refractivity contribution is -0.135. The normalized spacial score (nSPS) is 16.2. The van der Waals surface area contributed by atoms with E-state index in [9.17, 15) is 14.4 Å². The molecule has 1 aliphatic rings. The van der Waals surface area contributed by atoms with Gasteiger partial charge in [0.1, 0.15) is 6.04 Å². The molecule has 1 atom stereocenters. The number of carbonyl (C=O) groups is 2. The number of hydrogen-bond acceptors (Lipinski definition) is 7. The number of nitrogens with one attached hydrogen (secondary N) is 1. The van der Waals surface area contributed by atoms with E-state index in [1.807, 2.05) is 19.2 Å². The average Bonchev–Trinajstić information content (AvgIpc) is 3.16. The van der Waals surface area contributed by atoms with Gasteiger partial charge < -0.3 is 15.0 Å². The highest BCUT2D eigenvalue weighted by Gasteiger charge is 2.29. The van der Waals surface area contributed by atoms with Crippen LogP contribution in [0.3, 0.4) is 0 Å². The minimum Gasteiger partial charge on any atom is -0.453 e. The van der Waals surface area contributed by atoms with Crippen LogP contribution < -0.4 is 10.9 Å². The molecule has 3 rings (SSSR count). The minimum absolute atomic E-state index is 0.0783. The van der Waals surface area contributed by atoms with Gasteiger partial charge in [-0.25, -0.2) is 9.78 Å². The number of hydrogen-bond donors (Lipinski definition) is 1. The topological polar surface area (TPSA) is 96.2 Å². The number of alkyl carbamates (subject to hydrolysis) is 1. The molecule has 1 fully saturated rings. The molecular formula is C19H27N5O4S. The molecule has 0 aromatic carbocycles. The molecule has 2 amide bonds. The molecule has 158 valence electrons. The maximum Gasteiger partial charge on any atom is 0.407 e. The fraction of sp³-hybridized carbons (Fsp3) is 0.579. The van der Waals surface area contributed by atoms with Crippen molar-refractivity contribution in [3.63, 3.8) is 0 Å². The SMILES string of the molecule is COC(=O)NC(CC(C)C)C(=O)N1CCN(Cc2cc(=O)n3ccsc3n2)CC1. The van der Waals surface area contributed by atoms with E-state index in [1.165, 1.54) is 22.8 Å². The average molecular weight is 422 g/mol. The molecule has 2 aromatic rings. The first-order valence-electron chi connectivity index (χ1n) is 9.68. The fourth-order valence-electron chi connectivity index (χ4n) is 3.44. The molecule has 1 N–H and O–H groups in total. The molecule has 9 nitrogen and oxygen atoms in total. The lowest BCUT2D eigenvalue weighted by Crippen LogP contribution is -2.55. The standard InChI is InChI=1S/C19H27N5O4S/c1-13(2)10-15(21-19(27)28-3)17(26)23-6-4-22(5-7-23)12-14-11-16(25)24-8-9-29-18(24)20-14/h8-9,11,13,15H,4-7,10,12H2,1-3H3,(H,21,27). The van der Waals surface area contributed by atoms with Crippen molar-refractivity contribution in [1.29, 1.82) is 0 Å². The van der Waals surface area contributed by atoms with E-state index in [4.69, 9.17) is 0 Å². The predicted octanol–water partition coefficient (Wildman–Crippen LogP) is 1.17. The summed E-state index contributed by atoms with van der Waals surface area (Å²) < 4.78 is 6.19. The van der Waals surface area contributed by atoms with Gasteiger partial charge in [0.25, 0.3) is 5.56 Å². The Hall–Kier alpha value is -2.46. The van der Waals surface area contributed by atoms with Gasteiger partial charge in [0.15, 0.2) is 4.96 Å². The van der Waals surface area contributed by atoms with E-state index < -0.39 is 12.1 Å². The summed E-state index contributed by atoms with van der Waals surface area (Å²) in [6.07, 6.45) is 1.69. The largest absolute Gasteiger partial charge is 0.453 e. The van der Waals surface area contributed by atoms with E-state index in [0.717, 1.165) is 5.69 Å². The Morgan fingerprint density at radius 3 is 2.66 bits per heavy atom. The number of thiazole rings is 1. The molecule has 1 aliphatic heterocycles. The third kappa shape index (κ3) is 5.33. The quantitative estimate of drug-likeness (QED) is 0.752.